The lowest BCUT2D eigenvalue weighted by Gasteiger charge is -2.09. The predicted molar refractivity (Wildman–Crippen MR) is 55.7 cm³/mol. The van der Waals surface area contributed by atoms with E-state index in [0.29, 0.717) is 0 Å². The van der Waals surface area contributed by atoms with Gasteiger partial charge in [0.2, 0.25) is 12.2 Å². The lowest BCUT2D eigenvalue weighted by atomic mass is 9.97. The molecule has 0 aromatic heterocycles. The average Bonchev–Trinajstić information content (AvgIpc) is 2.06. The third-order valence-electron chi connectivity index (χ3n) is 1.57. The smallest absolute Gasteiger partial charge is 0.222 e. The summed E-state index contributed by atoms with van der Waals surface area (Å²) in [6.07, 6.45) is 4.22. The number of hydrogen-bond acceptors (Lipinski definition) is 4. The molecular weight excluding hydrogens is 180 g/mol. The topological polar surface area (TPSA) is 81.8 Å². The fraction of sp³-hybridized carbons (Fsp3) is 0.800. The quantitative estimate of drug-likeness (QED) is 0.542. The van der Waals surface area contributed by atoms with Crippen LogP contribution >= 0.6 is 0 Å². The Morgan fingerprint density at radius 3 is 1.43 bits per heavy atom. The Bertz CT molecular complexity index is 155. The predicted octanol–water partition coefficient (Wildman–Crippen LogP) is 2.88. The fourth-order valence-corrected chi connectivity index (χ4v) is 0.971. The zero-order valence-corrected chi connectivity index (χ0v) is 9.39. The van der Waals surface area contributed by atoms with Crippen LogP contribution < -0.4 is 0 Å². The van der Waals surface area contributed by atoms with E-state index in [0.717, 1.165) is 24.0 Å². The van der Waals surface area contributed by atoms with E-state index in [1.807, 2.05) is 0 Å². The van der Waals surface area contributed by atoms with Gasteiger partial charge in [0.25, 0.3) is 0 Å². The summed E-state index contributed by atoms with van der Waals surface area (Å²) in [6.45, 7) is 9.14. The first-order chi connectivity index (χ1) is 6.49. The molecule has 14 heavy (non-hydrogen) atoms. The van der Waals surface area contributed by atoms with Crippen LogP contribution in [0.15, 0.2) is 0 Å². The van der Waals surface area contributed by atoms with Crippen LogP contribution in [0.4, 0.5) is 0 Å². The third kappa shape index (κ3) is 45.2. The van der Waals surface area contributed by atoms with E-state index in [4.69, 9.17) is 20.4 Å². The highest BCUT2D eigenvalue weighted by Crippen LogP contribution is 2.12. The molecule has 0 fully saturated rings. The van der Waals surface area contributed by atoms with Crippen LogP contribution in [0.3, 0.4) is 0 Å². The second-order valence-corrected chi connectivity index (χ2v) is 3.35. The van der Waals surface area contributed by atoms with Crippen molar-refractivity contribution in [3.8, 4) is 0 Å². The van der Waals surface area contributed by atoms with Crippen molar-refractivity contribution in [1.29, 1.82) is 10.8 Å². The van der Waals surface area contributed by atoms with Gasteiger partial charge in [-0.25, -0.2) is 20.4 Å². The number of hydrogen-bond donors (Lipinski definition) is 2. The molecule has 0 aliphatic heterocycles. The maximum Gasteiger partial charge on any atom is 0.231 e. The molecule has 4 heteroatoms. The van der Waals surface area contributed by atoms with Gasteiger partial charge in [-0.3, -0.25) is 0 Å². The minimum Gasteiger partial charge on any atom is -0.222 e. The zero-order chi connectivity index (χ0) is 12.0. The summed E-state index contributed by atoms with van der Waals surface area (Å²) in [6, 6.07) is 0. The molecule has 4 nitrogen and oxygen atoms in total. The van der Waals surface area contributed by atoms with E-state index < -0.39 is 0 Å². The molecule has 0 amide bonds. The molecule has 0 rings (SSSR count). The van der Waals surface area contributed by atoms with E-state index in [1.54, 1.807) is 0 Å². The van der Waals surface area contributed by atoms with Crippen LogP contribution in [0.1, 0.15) is 40.5 Å². The molecule has 0 aromatic rings. The molecule has 0 aromatic carbocycles. The van der Waals surface area contributed by atoms with Gasteiger partial charge in [0.15, 0.2) is 0 Å². The summed E-state index contributed by atoms with van der Waals surface area (Å²) in [5, 5.41) is 10.8. The number of isocyanates is 2. The van der Waals surface area contributed by atoms with Crippen molar-refractivity contribution < 1.29 is 9.59 Å². The fourth-order valence-electron chi connectivity index (χ4n) is 0.971. The lowest BCUT2D eigenvalue weighted by Crippen LogP contribution is -1.97. The van der Waals surface area contributed by atoms with Crippen molar-refractivity contribution in [1.82, 2.24) is 0 Å². The second-order valence-electron chi connectivity index (χ2n) is 3.35. The van der Waals surface area contributed by atoms with Gasteiger partial charge in [0.05, 0.1) is 0 Å². The first-order valence-electron chi connectivity index (χ1n) is 4.57. The minimum absolute atomic E-state index is 0.750. The van der Waals surface area contributed by atoms with Crippen molar-refractivity contribution in [2.45, 2.75) is 40.5 Å². The Labute approximate surface area is 85.7 Å². The summed E-state index contributed by atoms with van der Waals surface area (Å²) in [5.74, 6) is 1.81. The van der Waals surface area contributed by atoms with Crippen molar-refractivity contribution in [3.63, 3.8) is 0 Å². The van der Waals surface area contributed by atoms with Gasteiger partial charge in [-0.05, 0) is 18.3 Å². The van der Waals surface area contributed by atoms with Crippen LogP contribution in [-0.2, 0) is 9.59 Å². The number of carbonyl (C=O) groups excluding carboxylic acids is 2. The molecule has 0 saturated heterocycles. The summed E-state index contributed by atoms with van der Waals surface area (Å²) in [4.78, 5) is 16.7. The maximum atomic E-state index is 8.35. The van der Waals surface area contributed by atoms with E-state index >= 15 is 0 Å². The highest BCUT2D eigenvalue weighted by Gasteiger charge is 2.00. The number of rotatable bonds is 3. The molecule has 0 aliphatic rings. The SMILES string of the molecule is CCC(C)CC(C)C.N=C=O.N=C=O. The standard InChI is InChI=1S/C8H18.2CHNO/c1-5-8(4)6-7(2)3;2*2-1-3/h7-8H,5-6H2,1-4H3;2*2H. The molecule has 0 heterocycles. The zero-order valence-electron chi connectivity index (χ0n) is 9.39. The molecule has 0 bridgehead atoms. The van der Waals surface area contributed by atoms with E-state index in [2.05, 4.69) is 27.7 Å². The van der Waals surface area contributed by atoms with Crippen molar-refractivity contribution >= 4 is 12.2 Å². The van der Waals surface area contributed by atoms with Crippen LogP contribution in [0, 0.1) is 22.7 Å². The average molecular weight is 200 g/mol. The highest BCUT2D eigenvalue weighted by molar-refractivity contribution is 5.26. The lowest BCUT2D eigenvalue weighted by molar-refractivity contribution is 0.429. The van der Waals surface area contributed by atoms with Crippen molar-refractivity contribution in [2.75, 3.05) is 0 Å². The molecule has 0 saturated carbocycles. The highest BCUT2D eigenvalue weighted by atomic mass is 16.1. The van der Waals surface area contributed by atoms with Gasteiger partial charge in [-0.1, -0.05) is 34.1 Å². The first kappa shape index (κ1) is 18.5. The largest absolute Gasteiger partial charge is 0.231 e. The Balaban J connectivity index is -0.000000168. The Morgan fingerprint density at radius 2 is 1.36 bits per heavy atom. The molecule has 0 spiro atoms. The Kier molecular flexibility index (Phi) is 23.5. The van der Waals surface area contributed by atoms with Gasteiger partial charge < -0.3 is 0 Å². The van der Waals surface area contributed by atoms with Gasteiger partial charge in [0, 0.05) is 0 Å². The molecule has 82 valence electrons. The summed E-state index contributed by atoms with van der Waals surface area (Å²) >= 11 is 0. The summed E-state index contributed by atoms with van der Waals surface area (Å²) in [7, 11) is 0. The summed E-state index contributed by atoms with van der Waals surface area (Å²) in [5.41, 5.74) is 0. The van der Waals surface area contributed by atoms with Gasteiger partial charge in [0.1, 0.15) is 0 Å². The Morgan fingerprint density at radius 1 is 1.07 bits per heavy atom. The molecule has 0 aliphatic carbocycles. The van der Waals surface area contributed by atoms with Gasteiger partial charge in [-0.15, -0.1) is 0 Å². The third-order valence-corrected chi connectivity index (χ3v) is 1.57. The summed E-state index contributed by atoms with van der Waals surface area (Å²) < 4.78 is 0. The van der Waals surface area contributed by atoms with Crippen LogP contribution in [0.2, 0.25) is 0 Å². The molecule has 1 unspecified atom stereocenters. The molecule has 2 N–H and O–H groups in total. The van der Waals surface area contributed by atoms with E-state index in [-0.39, 0.29) is 0 Å². The van der Waals surface area contributed by atoms with Gasteiger partial charge in [-0.2, -0.15) is 0 Å². The van der Waals surface area contributed by atoms with Crippen LogP contribution in [0.5, 0.6) is 0 Å². The van der Waals surface area contributed by atoms with E-state index in [1.165, 1.54) is 12.8 Å². The molecule has 1 atom stereocenters. The van der Waals surface area contributed by atoms with Crippen molar-refractivity contribution in [3.05, 3.63) is 0 Å². The molecule has 0 radical (unpaired) electrons. The molecular formula is C10H20N2O2. The normalized spacial score (nSPS) is 9.50. The maximum absolute atomic E-state index is 8.35. The Hall–Kier alpha value is -1.24. The number of nitrogens with one attached hydrogen (secondary N) is 2. The second kappa shape index (κ2) is 17.7. The van der Waals surface area contributed by atoms with Gasteiger partial charge >= 0.3 is 0 Å². The first-order valence-corrected chi connectivity index (χ1v) is 4.57. The van der Waals surface area contributed by atoms with Crippen molar-refractivity contribution in [2.24, 2.45) is 11.8 Å². The minimum atomic E-state index is 0.750. The monoisotopic (exact) mass is 200 g/mol. The van der Waals surface area contributed by atoms with Crippen LogP contribution in [-0.4, -0.2) is 12.2 Å². The van der Waals surface area contributed by atoms with E-state index in [9.17, 15) is 0 Å². The van der Waals surface area contributed by atoms with Crippen LogP contribution in [0.25, 0.3) is 0 Å².